The number of amides is 1. The quantitative estimate of drug-likeness (QED) is 0.426. The molecule has 2 heterocycles. The van der Waals surface area contributed by atoms with E-state index in [0.717, 1.165) is 11.2 Å². The molecule has 4 aromatic rings. The molecule has 0 aliphatic heterocycles. The zero-order valence-electron chi connectivity index (χ0n) is 15.8. The highest BCUT2D eigenvalue weighted by Crippen LogP contribution is 2.33. The van der Waals surface area contributed by atoms with Gasteiger partial charge in [-0.15, -0.1) is 11.3 Å². The number of benzene rings is 2. The number of hydrogen-bond acceptors (Lipinski definition) is 5. The Kier molecular flexibility index (Phi) is 5.12. The number of hydrogen-bond donors (Lipinski definition) is 3. The number of fused-ring (bicyclic) bond motifs is 1. The summed E-state index contributed by atoms with van der Waals surface area (Å²) in [4.78, 5) is 25.1. The minimum absolute atomic E-state index is 0.369. The van der Waals surface area contributed by atoms with Crippen LogP contribution in [0.4, 0.5) is 5.69 Å². The van der Waals surface area contributed by atoms with E-state index in [-0.39, 0.29) is 5.92 Å². The van der Waals surface area contributed by atoms with E-state index in [1.807, 2.05) is 11.4 Å². The number of halogens is 1. The van der Waals surface area contributed by atoms with E-state index < -0.39 is 11.5 Å². The van der Waals surface area contributed by atoms with Crippen molar-refractivity contribution in [1.29, 1.82) is 0 Å². The van der Waals surface area contributed by atoms with Gasteiger partial charge in [0.1, 0.15) is 5.69 Å². The Labute approximate surface area is 176 Å². The van der Waals surface area contributed by atoms with Crippen LogP contribution in [0.3, 0.4) is 0 Å². The van der Waals surface area contributed by atoms with Gasteiger partial charge in [-0.1, -0.05) is 37.6 Å². The molecule has 3 N–H and O–H groups in total. The van der Waals surface area contributed by atoms with Crippen LogP contribution in [0.1, 0.15) is 19.4 Å². The fraction of sp³-hybridized carbons (Fsp3) is 0.190. The van der Waals surface area contributed by atoms with Crippen LogP contribution in [0.25, 0.3) is 22.6 Å². The van der Waals surface area contributed by atoms with Crippen molar-refractivity contribution in [2.24, 2.45) is 5.92 Å². The zero-order chi connectivity index (χ0) is 20.6. The highest BCUT2D eigenvalue weighted by molar-refractivity contribution is 7.07. The summed E-state index contributed by atoms with van der Waals surface area (Å²) in [6, 6.07) is 12.1. The molecule has 0 fully saturated rings. The molecule has 1 unspecified atom stereocenters. The Morgan fingerprint density at radius 1 is 1.28 bits per heavy atom. The minimum atomic E-state index is -1.73. The lowest BCUT2D eigenvalue weighted by molar-refractivity contribution is -0.140. The van der Waals surface area contributed by atoms with Crippen LogP contribution in [-0.2, 0) is 10.4 Å². The molecule has 8 heteroatoms. The van der Waals surface area contributed by atoms with Crippen LogP contribution >= 0.6 is 22.9 Å². The van der Waals surface area contributed by atoms with Crippen molar-refractivity contribution in [2.75, 3.05) is 5.32 Å². The first-order chi connectivity index (χ1) is 13.9. The molecular weight excluding hydrogens is 408 g/mol. The number of H-pyrrole nitrogens is 1. The molecule has 1 atom stereocenters. The van der Waals surface area contributed by atoms with Crippen LogP contribution in [0.2, 0.25) is 5.02 Å². The largest absolute Gasteiger partial charge is 0.375 e. The standard InChI is InChI=1S/C21H19ClN4O2S/c1-12(2)21(28,13-4-3-5-14(22)8-13)20(27)24-15-6-7-16-17(9-15)26-19(25-16)18-10-29-11-23-18/h3-12,28H,1-2H3,(H,24,27)(H,25,26). The van der Waals surface area contributed by atoms with Crippen LogP contribution in [0, 0.1) is 5.92 Å². The van der Waals surface area contributed by atoms with Crippen molar-refractivity contribution in [3.8, 4) is 11.5 Å². The highest BCUT2D eigenvalue weighted by atomic mass is 35.5. The van der Waals surface area contributed by atoms with Gasteiger partial charge in [0.05, 0.1) is 16.5 Å². The van der Waals surface area contributed by atoms with Crippen molar-refractivity contribution < 1.29 is 9.90 Å². The van der Waals surface area contributed by atoms with Crippen molar-refractivity contribution >= 4 is 45.6 Å². The number of aliphatic hydroxyl groups is 1. The van der Waals surface area contributed by atoms with Crippen molar-refractivity contribution in [2.45, 2.75) is 19.4 Å². The Hall–Kier alpha value is -2.74. The third kappa shape index (κ3) is 3.64. The van der Waals surface area contributed by atoms with Crippen LogP contribution < -0.4 is 5.32 Å². The molecule has 1 amide bonds. The zero-order valence-corrected chi connectivity index (χ0v) is 17.4. The maximum atomic E-state index is 13.1. The Morgan fingerprint density at radius 2 is 2.10 bits per heavy atom. The van der Waals surface area contributed by atoms with Crippen molar-refractivity contribution in [3.63, 3.8) is 0 Å². The number of carbonyl (C=O) groups excluding carboxylic acids is 1. The lowest BCUT2D eigenvalue weighted by atomic mass is 9.82. The number of aromatic amines is 1. The summed E-state index contributed by atoms with van der Waals surface area (Å²) in [6.07, 6.45) is 0. The van der Waals surface area contributed by atoms with E-state index in [2.05, 4.69) is 20.3 Å². The Bertz CT molecular complexity index is 1170. The maximum Gasteiger partial charge on any atom is 0.261 e. The molecule has 0 aliphatic carbocycles. The van der Waals surface area contributed by atoms with E-state index in [9.17, 15) is 9.90 Å². The predicted octanol–water partition coefficient (Wildman–Crippen LogP) is 4.82. The number of nitrogens with zero attached hydrogens (tertiary/aromatic N) is 2. The first-order valence-corrected chi connectivity index (χ1v) is 10.4. The molecule has 6 nitrogen and oxygen atoms in total. The Balaban J connectivity index is 1.65. The van der Waals surface area contributed by atoms with Gasteiger partial charge in [-0.3, -0.25) is 4.79 Å². The van der Waals surface area contributed by atoms with Crippen molar-refractivity contribution in [1.82, 2.24) is 15.0 Å². The third-order valence-corrected chi connectivity index (χ3v) is 5.68. The van der Waals surface area contributed by atoms with E-state index >= 15 is 0 Å². The van der Waals surface area contributed by atoms with Gasteiger partial charge in [0.15, 0.2) is 11.4 Å². The molecule has 0 bridgehead atoms. The summed E-state index contributed by atoms with van der Waals surface area (Å²) in [5, 5.41) is 16.4. The van der Waals surface area contributed by atoms with Gasteiger partial charge in [-0.25, -0.2) is 9.97 Å². The van der Waals surface area contributed by atoms with E-state index in [0.29, 0.717) is 27.6 Å². The molecular formula is C21H19ClN4O2S. The average molecular weight is 427 g/mol. The number of aromatic nitrogens is 3. The first kappa shape index (κ1) is 19.6. The van der Waals surface area contributed by atoms with Gasteiger partial charge in [-0.05, 0) is 41.8 Å². The second-order valence-electron chi connectivity index (χ2n) is 7.08. The lowest BCUT2D eigenvalue weighted by Gasteiger charge is -2.31. The summed E-state index contributed by atoms with van der Waals surface area (Å²) < 4.78 is 0. The Morgan fingerprint density at radius 3 is 2.79 bits per heavy atom. The summed E-state index contributed by atoms with van der Waals surface area (Å²) in [7, 11) is 0. The second kappa shape index (κ2) is 7.59. The lowest BCUT2D eigenvalue weighted by Crippen LogP contribution is -2.44. The van der Waals surface area contributed by atoms with Gasteiger partial charge >= 0.3 is 0 Å². The molecule has 0 spiro atoms. The normalized spacial score (nSPS) is 13.6. The maximum absolute atomic E-state index is 13.1. The van der Waals surface area contributed by atoms with Gasteiger partial charge < -0.3 is 15.4 Å². The highest BCUT2D eigenvalue weighted by Gasteiger charge is 2.41. The molecule has 0 saturated carbocycles. The second-order valence-corrected chi connectivity index (χ2v) is 8.23. The van der Waals surface area contributed by atoms with Gasteiger partial charge in [-0.2, -0.15) is 0 Å². The molecule has 0 radical (unpaired) electrons. The topological polar surface area (TPSA) is 90.9 Å². The van der Waals surface area contributed by atoms with Crippen molar-refractivity contribution in [3.05, 3.63) is 63.9 Å². The number of carbonyl (C=O) groups is 1. The van der Waals surface area contributed by atoms with Gasteiger partial charge in [0.25, 0.3) is 5.91 Å². The number of anilines is 1. The molecule has 0 aliphatic rings. The fourth-order valence-electron chi connectivity index (χ4n) is 3.21. The summed E-state index contributed by atoms with van der Waals surface area (Å²) in [5.41, 5.74) is 3.31. The van der Waals surface area contributed by atoms with Crippen LogP contribution in [-0.4, -0.2) is 26.0 Å². The number of rotatable bonds is 5. The first-order valence-electron chi connectivity index (χ1n) is 9.06. The van der Waals surface area contributed by atoms with E-state index in [4.69, 9.17) is 11.6 Å². The smallest absolute Gasteiger partial charge is 0.261 e. The minimum Gasteiger partial charge on any atom is -0.375 e. The van der Waals surface area contributed by atoms with Gasteiger partial charge in [0, 0.05) is 16.1 Å². The molecule has 29 heavy (non-hydrogen) atoms. The number of nitrogens with one attached hydrogen (secondary N) is 2. The molecule has 2 aromatic heterocycles. The molecule has 2 aromatic carbocycles. The molecule has 4 rings (SSSR count). The summed E-state index contributed by atoms with van der Waals surface area (Å²) in [5.74, 6) is -0.224. The average Bonchev–Trinajstić information content (AvgIpc) is 3.36. The predicted molar refractivity (Wildman–Crippen MR) is 116 cm³/mol. The SMILES string of the molecule is CC(C)C(O)(C(=O)Nc1ccc2[nH]c(-c3cscn3)nc2c1)c1cccc(Cl)c1. The summed E-state index contributed by atoms with van der Waals surface area (Å²) in [6.45, 7) is 3.58. The fourth-order valence-corrected chi connectivity index (χ4v) is 3.94. The van der Waals surface area contributed by atoms with Crippen LogP contribution in [0.5, 0.6) is 0 Å². The number of imidazole rings is 1. The molecule has 148 valence electrons. The third-order valence-electron chi connectivity index (χ3n) is 4.86. The van der Waals surface area contributed by atoms with Gasteiger partial charge in [0.2, 0.25) is 0 Å². The monoisotopic (exact) mass is 426 g/mol. The molecule has 0 saturated heterocycles. The van der Waals surface area contributed by atoms with E-state index in [1.165, 1.54) is 11.3 Å². The number of thiazole rings is 1. The summed E-state index contributed by atoms with van der Waals surface area (Å²) >= 11 is 7.57. The van der Waals surface area contributed by atoms with E-state index in [1.54, 1.807) is 55.8 Å². The van der Waals surface area contributed by atoms with Crippen LogP contribution in [0.15, 0.2) is 53.4 Å².